The van der Waals surface area contributed by atoms with E-state index < -0.39 is 0 Å². The number of nitrogens with zero attached hydrogens (tertiary/aromatic N) is 4. The Kier molecular flexibility index (Phi) is 7.89. The maximum absolute atomic E-state index is 13.6. The van der Waals surface area contributed by atoms with E-state index in [0.29, 0.717) is 23.6 Å². The van der Waals surface area contributed by atoms with Crippen molar-refractivity contribution in [3.8, 4) is 0 Å². The van der Waals surface area contributed by atoms with Crippen LogP contribution >= 0.6 is 12.2 Å². The first-order valence-electron chi connectivity index (χ1n) is 13.7. The quantitative estimate of drug-likeness (QED) is 0.478. The van der Waals surface area contributed by atoms with Gasteiger partial charge in [-0.3, -0.25) is 0 Å². The van der Waals surface area contributed by atoms with Crippen LogP contribution in [0.25, 0.3) is 0 Å². The monoisotopic (exact) mass is 510 g/mol. The Morgan fingerprint density at radius 1 is 0.972 bits per heavy atom. The minimum absolute atomic E-state index is 0.0374. The lowest BCUT2D eigenvalue weighted by atomic mass is 9.69. The van der Waals surface area contributed by atoms with E-state index in [1.807, 2.05) is 12.1 Å². The van der Waals surface area contributed by atoms with Gasteiger partial charge in [0.2, 0.25) is 5.95 Å². The minimum Gasteiger partial charge on any atom is -0.361 e. The molecule has 1 aromatic heterocycles. The van der Waals surface area contributed by atoms with Crippen LogP contribution in [0.15, 0.2) is 30.3 Å². The molecular formula is C28H39FN6S. The second-order valence-electron chi connectivity index (χ2n) is 10.8. The summed E-state index contributed by atoms with van der Waals surface area (Å²) in [6.07, 6.45) is 11.8. The highest BCUT2D eigenvalue weighted by Gasteiger charge is 2.34. The molecule has 1 aliphatic carbocycles. The van der Waals surface area contributed by atoms with Crippen LogP contribution in [-0.4, -0.2) is 47.3 Å². The van der Waals surface area contributed by atoms with Gasteiger partial charge in [0.25, 0.3) is 0 Å². The second-order valence-corrected chi connectivity index (χ2v) is 11.2. The first-order chi connectivity index (χ1) is 17.5. The average molecular weight is 511 g/mol. The highest BCUT2D eigenvalue weighted by atomic mass is 32.1. The minimum atomic E-state index is -0.191. The van der Waals surface area contributed by atoms with Crippen molar-refractivity contribution in [1.82, 2.24) is 15.3 Å². The third-order valence-electron chi connectivity index (χ3n) is 8.31. The van der Waals surface area contributed by atoms with Gasteiger partial charge in [-0.2, -0.15) is 9.97 Å². The predicted molar refractivity (Wildman–Crippen MR) is 150 cm³/mol. The maximum Gasteiger partial charge on any atom is 0.232 e. The summed E-state index contributed by atoms with van der Waals surface area (Å²) in [4.78, 5) is 14.5. The maximum atomic E-state index is 13.6. The Morgan fingerprint density at radius 2 is 1.67 bits per heavy atom. The molecule has 36 heavy (non-hydrogen) atoms. The van der Waals surface area contributed by atoms with Gasteiger partial charge in [-0.05, 0) is 81.8 Å². The van der Waals surface area contributed by atoms with Crippen LogP contribution in [-0.2, 0) is 5.41 Å². The molecular weight excluding hydrogens is 471 g/mol. The van der Waals surface area contributed by atoms with E-state index in [2.05, 4.69) is 33.4 Å². The van der Waals surface area contributed by atoms with E-state index >= 15 is 0 Å². The molecule has 3 aliphatic rings. The molecule has 1 unspecified atom stereocenters. The van der Waals surface area contributed by atoms with E-state index in [4.69, 9.17) is 22.2 Å². The van der Waals surface area contributed by atoms with E-state index in [1.54, 1.807) is 12.1 Å². The van der Waals surface area contributed by atoms with Crippen LogP contribution in [0.2, 0.25) is 0 Å². The Labute approximate surface area is 220 Å². The molecule has 0 radical (unpaired) electrons. The van der Waals surface area contributed by atoms with Gasteiger partial charge in [0, 0.05) is 43.7 Å². The second kappa shape index (κ2) is 11.3. The zero-order valence-corrected chi connectivity index (χ0v) is 22.3. The van der Waals surface area contributed by atoms with Gasteiger partial charge in [-0.25, -0.2) is 4.39 Å². The van der Waals surface area contributed by atoms with E-state index in [-0.39, 0.29) is 11.2 Å². The fourth-order valence-electron chi connectivity index (χ4n) is 6.17. The van der Waals surface area contributed by atoms with Gasteiger partial charge >= 0.3 is 0 Å². The van der Waals surface area contributed by atoms with E-state index in [0.717, 1.165) is 44.1 Å². The standard InChI is InChI=1S/C28H39FN6S/c1-21-9-3-6-18-35(21)25-19-24(34-16-7-8-17-34)31-26(32-25)33-27(36)30-20-28(14-4-2-5-15-28)22-10-12-23(29)13-11-22/h10-13,19,21H,2-9,14-18,20H2,1H3,(H2,30,31,32,33,36). The molecule has 1 atom stereocenters. The molecule has 2 aromatic rings. The number of piperidine rings is 1. The van der Waals surface area contributed by atoms with Gasteiger partial charge in [0.15, 0.2) is 5.11 Å². The molecule has 2 saturated heterocycles. The summed E-state index contributed by atoms with van der Waals surface area (Å²) >= 11 is 5.74. The summed E-state index contributed by atoms with van der Waals surface area (Å²) in [5.41, 5.74) is 1.15. The normalized spacial score (nSPS) is 21.9. The summed E-state index contributed by atoms with van der Waals surface area (Å²) in [5, 5.41) is 7.31. The molecule has 0 bridgehead atoms. The van der Waals surface area contributed by atoms with Crippen molar-refractivity contribution in [1.29, 1.82) is 0 Å². The number of rotatable bonds is 6. The lowest BCUT2D eigenvalue weighted by Crippen LogP contribution is -2.43. The summed E-state index contributed by atoms with van der Waals surface area (Å²) in [5.74, 6) is 2.34. The van der Waals surface area contributed by atoms with Crippen LogP contribution in [0.4, 0.5) is 22.0 Å². The number of aromatic nitrogens is 2. The van der Waals surface area contributed by atoms with Crippen molar-refractivity contribution in [2.45, 2.75) is 82.6 Å². The number of anilines is 3. The fourth-order valence-corrected chi connectivity index (χ4v) is 6.33. The highest BCUT2D eigenvalue weighted by Crippen LogP contribution is 2.39. The third kappa shape index (κ3) is 5.74. The van der Waals surface area contributed by atoms with Crippen molar-refractivity contribution in [2.75, 3.05) is 41.3 Å². The Morgan fingerprint density at radius 3 is 2.39 bits per heavy atom. The average Bonchev–Trinajstić information content (AvgIpc) is 3.44. The molecule has 2 N–H and O–H groups in total. The van der Waals surface area contributed by atoms with Crippen molar-refractivity contribution >= 4 is 34.9 Å². The summed E-state index contributed by atoms with van der Waals surface area (Å²) in [7, 11) is 0. The van der Waals surface area contributed by atoms with E-state index in [1.165, 1.54) is 56.9 Å². The van der Waals surface area contributed by atoms with Gasteiger partial charge in [-0.1, -0.05) is 31.4 Å². The molecule has 2 aliphatic heterocycles. The van der Waals surface area contributed by atoms with Gasteiger partial charge in [0.05, 0.1) is 0 Å². The smallest absolute Gasteiger partial charge is 0.232 e. The zero-order chi connectivity index (χ0) is 25.0. The van der Waals surface area contributed by atoms with Crippen LogP contribution in [0.3, 0.4) is 0 Å². The van der Waals surface area contributed by atoms with E-state index in [9.17, 15) is 4.39 Å². The van der Waals surface area contributed by atoms with Crippen molar-refractivity contribution < 1.29 is 4.39 Å². The summed E-state index contributed by atoms with van der Waals surface area (Å²) < 4.78 is 13.6. The first kappa shape index (κ1) is 25.2. The molecule has 3 heterocycles. The SMILES string of the molecule is CC1CCCCN1c1cc(N2CCCC2)nc(NC(=S)NCC2(c3ccc(F)cc3)CCCCC2)n1. The van der Waals surface area contributed by atoms with Crippen molar-refractivity contribution in [3.63, 3.8) is 0 Å². The zero-order valence-electron chi connectivity index (χ0n) is 21.4. The Balaban J connectivity index is 1.32. The number of halogens is 1. The van der Waals surface area contributed by atoms with Crippen molar-refractivity contribution in [2.24, 2.45) is 0 Å². The summed E-state index contributed by atoms with van der Waals surface area (Å²) in [6.45, 7) is 6.10. The third-order valence-corrected chi connectivity index (χ3v) is 8.55. The van der Waals surface area contributed by atoms with Gasteiger partial charge in [0.1, 0.15) is 17.5 Å². The molecule has 0 amide bonds. The highest BCUT2D eigenvalue weighted by molar-refractivity contribution is 7.80. The molecule has 3 fully saturated rings. The number of thiocarbonyl (C=S) groups is 1. The van der Waals surface area contributed by atoms with Crippen LogP contribution in [0, 0.1) is 5.82 Å². The molecule has 1 aromatic carbocycles. The van der Waals surface area contributed by atoms with Gasteiger partial charge in [-0.15, -0.1) is 0 Å². The lowest BCUT2D eigenvalue weighted by molar-refractivity contribution is 0.292. The molecule has 5 rings (SSSR count). The van der Waals surface area contributed by atoms with Crippen LogP contribution < -0.4 is 20.4 Å². The summed E-state index contributed by atoms with van der Waals surface area (Å²) in [6, 6.07) is 9.65. The molecule has 1 saturated carbocycles. The lowest BCUT2D eigenvalue weighted by Gasteiger charge is -2.38. The first-order valence-corrected chi connectivity index (χ1v) is 14.1. The van der Waals surface area contributed by atoms with Crippen LogP contribution in [0.5, 0.6) is 0 Å². The van der Waals surface area contributed by atoms with Crippen LogP contribution in [0.1, 0.15) is 76.7 Å². The topological polar surface area (TPSA) is 56.3 Å². The number of benzene rings is 1. The molecule has 194 valence electrons. The molecule has 0 spiro atoms. The number of hydrogen-bond donors (Lipinski definition) is 2. The van der Waals surface area contributed by atoms with Crippen molar-refractivity contribution in [3.05, 3.63) is 41.7 Å². The molecule has 6 nitrogen and oxygen atoms in total. The van der Waals surface area contributed by atoms with Gasteiger partial charge < -0.3 is 20.4 Å². The largest absolute Gasteiger partial charge is 0.361 e. The number of hydrogen-bond acceptors (Lipinski definition) is 5. The number of nitrogens with one attached hydrogen (secondary N) is 2. The molecule has 8 heteroatoms. The fraction of sp³-hybridized carbons (Fsp3) is 0.607. The predicted octanol–water partition coefficient (Wildman–Crippen LogP) is 5.78. The Hall–Kier alpha value is -2.48. The Bertz CT molecular complexity index is 1030.